The zero-order valence-electron chi connectivity index (χ0n) is 8.98. The highest BCUT2D eigenvalue weighted by atomic mass is 15.0. The third kappa shape index (κ3) is 1.34. The number of rotatable bonds is 1. The number of hydrogen-bond donors (Lipinski definition) is 0. The van der Waals surface area contributed by atoms with Crippen LogP contribution in [0.15, 0.2) is 18.6 Å². The second kappa shape index (κ2) is 3.33. The first-order chi connectivity index (χ1) is 7.38. The van der Waals surface area contributed by atoms with Crippen LogP contribution in [0.5, 0.6) is 0 Å². The summed E-state index contributed by atoms with van der Waals surface area (Å²) >= 11 is 0. The van der Waals surface area contributed by atoms with E-state index in [9.17, 15) is 0 Å². The van der Waals surface area contributed by atoms with Gasteiger partial charge in [-0.15, -0.1) is 0 Å². The van der Waals surface area contributed by atoms with Gasteiger partial charge in [0.1, 0.15) is 0 Å². The molecule has 0 amide bonds. The van der Waals surface area contributed by atoms with Crippen LogP contribution in [-0.2, 0) is 12.8 Å². The fourth-order valence-electron chi connectivity index (χ4n) is 2.49. The summed E-state index contributed by atoms with van der Waals surface area (Å²) in [4.78, 5) is 8.73. The summed E-state index contributed by atoms with van der Waals surface area (Å²) in [6, 6.07) is 0. The van der Waals surface area contributed by atoms with Gasteiger partial charge < -0.3 is 4.40 Å². The molecule has 1 atom stereocenters. The first-order valence-electron chi connectivity index (χ1n) is 5.68. The van der Waals surface area contributed by atoms with Gasteiger partial charge in [-0.3, -0.25) is 4.98 Å². The van der Waals surface area contributed by atoms with Crippen LogP contribution in [-0.4, -0.2) is 14.4 Å². The van der Waals surface area contributed by atoms with Crippen molar-refractivity contribution < 1.29 is 0 Å². The molecule has 15 heavy (non-hydrogen) atoms. The third-order valence-electron chi connectivity index (χ3n) is 3.46. The van der Waals surface area contributed by atoms with Gasteiger partial charge in [-0.05, 0) is 25.2 Å². The molecule has 3 rings (SSSR count). The number of imidazole rings is 1. The molecule has 3 nitrogen and oxygen atoms in total. The minimum atomic E-state index is 0.838. The van der Waals surface area contributed by atoms with Crippen LogP contribution in [0.4, 0.5) is 0 Å². The maximum absolute atomic E-state index is 4.62. The van der Waals surface area contributed by atoms with E-state index in [1.54, 1.807) is 0 Å². The molecule has 1 aliphatic rings. The molecule has 0 aliphatic heterocycles. The van der Waals surface area contributed by atoms with Crippen molar-refractivity contribution >= 4 is 5.65 Å². The molecule has 0 fully saturated rings. The number of hydrogen-bond acceptors (Lipinski definition) is 2. The van der Waals surface area contributed by atoms with E-state index in [4.69, 9.17) is 0 Å². The smallest absolute Gasteiger partial charge is 0.155 e. The molecular weight excluding hydrogens is 186 g/mol. The largest absolute Gasteiger partial charge is 0.301 e. The van der Waals surface area contributed by atoms with Crippen molar-refractivity contribution in [3.05, 3.63) is 30.0 Å². The Bertz CT molecular complexity index is 487. The molecule has 0 saturated heterocycles. The SMILES string of the molecule is CCC1CCc2nc3cnccn3c2C1. The van der Waals surface area contributed by atoms with Crippen LogP contribution < -0.4 is 0 Å². The van der Waals surface area contributed by atoms with Gasteiger partial charge in [0.05, 0.1) is 11.9 Å². The molecule has 2 aromatic heterocycles. The molecule has 0 radical (unpaired) electrons. The lowest BCUT2D eigenvalue weighted by molar-refractivity contribution is 0.435. The van der Waals surface area contributed by atoms with E-state index in [2.05, 4.69) is 21.3 Å². The lowest BCUT2D eigenvalue weighted by Crippen LogP contribution is -2.14. The summed E-state index contributed by atoms with van der Waals surface area (Å²) in [6.45, 7) is 2.28. The van der Waals surface area contributed by atoms with E-state index >= 15 is 0 Å². The molecule has 0 aromatic carbocycles. The highest BCUT2D eigenvalue weighted by molar-refractivity contribution is 5.41. The third-order valence-corrected chi connectivity index (χ3v) is 3.46. The average molecular weight is 201 g/mol. The van der Waals surface area contributed by atoms with E-state index in [0.29, 0.717) is 0 Å². The number of aromatic nitrogens is 3. The molecule has 3 heteroatoms. The first-order valence-corrected chi connectivity index (χ1v) is 5.68. The molecule has 78 valence electrons. The van der Waals surface area contributed by atoms with Crippen molar-refractivity contribution in [1.82, 2.24) is 14.4 Å². The van der Waals surface area contributed by atoms with Gasteiger partial charge in [0.15, 0.2) is 5.65 Å². The van der Waals surface area contributed by atoms with E-state index in [1.165, 1.54) is 30.7 Å². The zero-order chi connectivity index (χ0) is 10.3. The van der Waals surface area contributed by atoms with Gasteiger partial charge in [0, 0.05) is 18.1 Å². The second-order valence-corrected chi connectivity index (χ2v) is 4.33. The van der Waals surface area contributed by atoms with Gasteiger partial charge in [-0.1, -0.05) is 13.3 Å². The molecule has 2 aromatic rings. The first kappa shape index (κ1) is 8.89. The maximum Gasteiger partial charge on any atom is 0.155 e. The van der Waals surface area contributed by atoms with E-state index in [-0.39, 0.29) is 0 Å². The van der Waals surface area contributed by atoms with Gasteiger partial charge >= 0.3 is 0 Å². The highest BCUT2D eigenvalue weighted by Crippen LogP contribution is 2.27. The van der Waals surface area contributed by atoms with E-state index in [0.717, 1.165) is 18.0 Å². The van der Waals surface area contributed by atoms with Crippen molar-refractivity contribution in [1.29, 1.82) is 0 Å². The highest BCUT2D eigenvalue weighted by Gasteiger charge is 2.21. The van der Waals surface area contributed by atoms with Crippen molar-refractivity contribution in [2.45, 2.75) is 32.6 Å². The van der Waals surface area contributed by atoms with Crippen LogP contribution in [0.1, 0.15) is 31.2 Å². The Morgan fingerprint density at radius 1 is 1.53 bits per heavy atom. The van der Waals surface area contributed by atoms with Gasteiger partial charge in [-0.25, -0.2) is 4.98 Å². The fourth-order valence-corrected chi connectivity index (χ4v) is 2.49. The molecule has 0 bridgehead atoms. The average Bonchev–Trinajstić information content (AvgIpc) is 2.66. The van der Waals surface area contributed by atoms with Crippen LogP contribution in [0, 0.1) is 5.92 Å². The minimum Gasteiger partial charge on any atom is -0.301 e. The van der Waals surface area contributed by atoms with Crippen LogP contribution in [0.3, 0.4) is 0 Å². The lowest BCUT2D eigenvalue weighted by Gasteiger charge is -2.20. The Kier molecular flexibility index (Phi) is 1.97. The molecule has 0 spiro atoms. The summed E-state index contributed by atoms with van der Waals surface area (Å²) in [5, 5.41) is 0. The van der Waals surface area contributed by atoms with Gasteiger partial charge in [0.2, 0.25) is 0 Å². The summed E-state index contributed by atoms with van der Waals surface area (Å²) in [5.41, 5.74) is 3.69. The normalized spacial score (nSPS) is 20.5. The molecule has 0 saturated carbocycles. The number of nitrogens with zero attached hydrogens (tertiary/aromatic N) is 3. The molecular formula is C12H15N3. The Morgan fingerprint density at radius 2 is 2.47 bits per heavy atom. The minimum absolute atomic E-state index is 0.838. The van der Waals surface area contributed by atoms with E-state index < -0.39 is 0 Å². The zero-order valence-corrected chi connectivity index (χ0v) is 8.98. The number of aryl methyl sites for hydroxylation is 1. The van der Waals surface area contributed by atoms with Crippen molar-refractivity contribution in [3.8, 4) is 0 Å². The Morgan fingerprint density at radius 3 is 3.33 bits per heavy atom. The van der Waals surface area contributed by atoms with Crippen LogP contribution >= 0.6 is 0 Å². The van der Waals surface area contributed by atoms with Crippen molar-refractivity contribution in [2.24, 2.45) is 5.92 Å². The summed E-state index contributed by atoms with van der Waals surface area (Å²) < 4.78 is 2.20. The van der Waals surface area contributed by atoms with Crippen LogP contribution in [0.25, 0.3) is 5.65 Å². The standard InChI is InChI=1S/C12H15N3/c1-2-9-3-4-10-11(7-9)15-6-5-13-8-12(15)14-10/h5-6,8-9H,2-4,7H2,1H3. The topological polar surface area (TPSA) is 30.2 Å². The monoisotopic (exact) mass is 201 g/mol. The summed E-state index contributed by atoms with van der Waals surface area (Å²) in [5.74, 6) is 0.838. The fraction of sp³-hybridized carbons (Fsp3) is 0.500. The summed E-state index contributed by atoms with van der Waals surface area (Å²) in [7, 11) is 0. The Balaban J connectivity index is 2.14. The predicted molar refractivity (Wildman–Crippen MR) is 58.8 cm³/mol. The molecule has 1 unspecified atom stereocenters. The quantitative estimate of drug-likeness (QED) is 0.708. The predicted octanol–water partition coefficient (Wildman–Crippen LogP) is 2.24. The van der Waals surface area contributed by atoms with Crippen molar-refractivity contribution in [2.75, 3.05) is 0 Å². The van der Waals surface area contributed by atoms with E-state index in [1.807, 2.05) is 18.6 Å². The second-order valence-electron chi connectivity index (χ2n) is 4.33. The maximum atomic E-state index is 4.62. The molecule has 0 N–H and O–H groups in total. The van der Waals surface area contributed by atoms with Crippen LogP contribution in [0.2, 0.25) is 0 Å². The molecule has 1 aliphatic carbocycles. The Labute approximate surface area is 89.2 Å². The molecule has 2 heterocycles. The number of fused-ring (bicyclic) bond motifs is 3. The Hall–Kier alpha value is -1.38. The van der Waals surface area contributed by atoms with Crippen molar-refractivity contribution in [3.63, 3.8) is 0 Å². The van der Waals surface area contributed by atoms with Gasteiger partial charge in [0.25, 0.3) is 0 Å². The van der Waals surface area contributed by atoms with Gasteiger partial charge in [-0.2, -0.15) is 0 Å². The lowest BCUT2D eigenvalue weighted by atomic mass is 9.88. The summed E-state index contributed by atoms with van der Waals surface area (Å²) in [6.07, 6.45) is 10.6.